The van der Waals surface area contributed by atoms with E-state index in [1.165, 1.54) is 28.0 Å². The van der Waals surface area contributed by atoms with Crippen LogP contribution >= 0.6 is 34.7 Å². The average molecular weight is 593 g/mol. The Bertz CT molecular complexity index is 1540. The summed E-state index contributed by atoms with van der Waals surface area (Å²) < 4.78 is 6.32. The molecule has 8 nitrogen and oxygen atoms in total. The average Bonchev–Trinajstić information content (AvgIpc) is 3.55. The summed E-state index contributed by atoms with van der Waals surface area (Å²) in [5, 5.41) is 20.7. The number of hydrogen-bond donors (Lipinski definition) is 1. The standard InChI is InChI=1S/C29H25ClN4O4S2/c1-2-3-15-38-21-12-10-18(11-13-21)25(35)23-24(19-8-6-14-31-16-19)34(27(37)26(23)36)28-32-33-29(40-28)39-17-20-7-4-5-9-22(20)30/h4-14,16,24,35H,2-3,15,17H2,1H3/b25-23+. The molecule has 2 aromatic heterocycles. The summed E-state index contributed by atoms with van der Waals surface area (Å²) in [6, 6.07) is 16.9. The number of thioether (sulfide) groups is 1. The molecule has 0 saturated carbocycles. The van der Waals surface area contributed by atoms with Crippen LogP contribution in [0.1, 0.15) is 42.5 Å². The number of ketones is 1. The first-order valence-corrected chi connectivity index (χ1v) is 14.8. The maximum Gasteiger partial charge on any atom is 0.301 e. The van der Waals surface area contributed by atoms with E-state index in [0.717, 1.165) is 18.4 Å². The van der Waals surface area contributed by atoms with Gasteiger partial charge in [-0.15, -0.1) is 10.2 Å². The van der Waals surface area contributed by atoms with Crippen molar-refractivity contribution in [3.63, 3.8) is 0 Å². The molecule has 204 valence electrons. The highest BCUT2D eigenvalue weighted by atomic mass is 35.5. The molecule has 1 aliphatic rings. The van der Waals surface area contributed by atoms with E-state index in [2.05, 4.69) is 22.1 Å². The first-order chi connectivity index (χ1) is 19.5. The van der Waals surface area contributed by atoms with Crippen LogP contribution in [0.3, 0.4) is 0 Å². The maximum atomic E-state index is 13.4. The molecule has 1 saturated heterocycles. The molecule has 40 heavy (non-hydrogen) atoms. The van der Waals surface area contributed by atoms with Gasteiger partial charge in [0.1, 0.15) is 11.5 Å². The summed E-state index contributed by atoms with van der Waals surface area (Å²) in [5.41, 5.74) is 1.85. The van der Waals surface area contributed by atoms with E-state index in [-0.39, 0.29) is 16.5 Å². The van der Waals surface area contributed by atoms with Crippen LogP contribution in [-0.2, 0) is 15.3 Å². The Morgan fingerprint density at radius 2 is 1.90 bits per heavy atom. The SMILES string of the molecule is CCCCOc1ccc(/C(O)=C2\C(=O)C(=O)N(c3nnc(SCc4ccccc4Cl)s3)C2c2cccnc2)cc1. The van der Waals surface area contributed by atoms with Crippen molar-refractivity contribution in [3.05, 3.63) is 100 Å². The monoisotopic (exact) mass is 592 g/mol. The second-order valence-corrected chi connectivity index (χ2v) is 11.5. The largest absolute Gasteiger partial charge is 0.507 e. The second kappa shape index (κ2) is 12.6. The summed E-state index contributed by atoms with van der Waals surface area (Å²) in [6.45, 7) is 2.68. The third-order valence-corrected chi connectivity index (χ3v) is 8.72. The number of hydrogen-bond acceptors (Lipinski definition) is 9. The van der Waals surface area contributed by atoms with Gasteiger partial charge in [-0.25, -0.2) is 0 Å². The van der Waals surface area contributed by atoms with Crippen LogP contribution in [0.4, 0.5) is 5.13 Å². The number of halogens is 1. The van der Waals surface area contributed by atoms with E-state index < -0.39 is 17.7 Å². The lowest BCUT2D eigenvalue weighted by atomic mass is 9.96. The van der Waals surface area contributed by atoms with Gasteiger partial charge < -0.3 is 9.84 Å². The minimum atomic E-state index is -0.927. The van der Waals surface area contributed by atoms with E-state index in [0.29, 0.717) is 38.6 Å². The molecule has 1 aliphatic heterocycles. The highest BCUT2D eigenvalue weighted by Crippen LogP contribution is 2.44. The molecule has 4 aromatic rings. The van der Waals surface area contributed by atoms with Crippen molar-refractivity contribution >= 4 is 57.3 Å². The van der Waals surface area contributed by atoms with Gasteiger partial charge in [-0.2, -0.15) is 0 Å². The molecule has 3 heterocycles. The summed E-state index contributed by atoms with van der Waals surface area (Å²) >= 11 is 8.90. The molecular formula is C29H25ClN4O4S2. The number of nitrogens with zero attached hydrogens (tertiary/aromatic N) is 4. The molecule has 2 aromatic carbocycles. The molecule has 1 fully saturated rings. The number of Topliss-reactive ketones (excluding diaryl/α,β-unsaturated/α-hetero) is 1. The minimum absolute atomic E-state index is 0.0434. The first kappa shape index (κ1) is 27.8. The Labute approximate surface area is 244 Å². The lowest BCUT2D eigenvalue weighted by molar-refractivity contribution is -0.132. The molecule has 1 atom stereocenters. The molecule has 0 radical (unpaired) electrons. The second-order valence-electron chi connectivity index (χ2n) is 8.91. The quantitative estimate of drug-likeness (QED) is 0.0542. The number of pyridine rings is 1. The number of aromatic nitrogens is 3. The van der Waals surface area contributed by atoms with Crippen LogP contribution in [0.15, 0.2) is 83.0 Å². The molecule has 11 heteroatoms. The van der Waals surface area contributed by atoms with E-state index in [9.17, 15) is 14.7 Å². The van der Waals surface area contributed by atoms with Gasteiger partial charge in [0.05, 0.1) is 18.2 Å². The lowest BCUT2D eigenvalue weighted by Crippen LogP contribution is -2.29. The van der Waals surface area contributed by atoms with Gasteiger partial charge in [-0.05, 0) is 53.9 Å². The van der Waals surface area contributed by atoms with Crippen molar-refractivity contribution < 1.29 is 19.4 Å². The Hall–Kier alpha value is -3.73. The zero-order valence-corrected chi connectivity index (χ0v) is 23.9. The number of unbranched alkanes of at least 4 members (excludes halogenated alkanes) is 1. The fraction of sp³-hybridized carbons (Fsp3) is 0.207. The normalized spacial score (nSPS) is 16.4. The van der Waals surface area contributed by atoms with Crippen molar-refractivity contribution in [3.8, 4) is 5.75 Å². The van der Waals surface area contributed by atoms with Gasteiger partial charge in [0.15, 0.2) is 4.34 Å². The lowest BCUT2D eigenvalue weighted by Gasteiger charge is -2.22. The smallest absolute Gasteiger partial charge is 0.301 e. The Balaban J connectivity index is 1.47. The molecule has 5 rings (SSSR count). The van der Waals surface area contributed by atoms with E-state index >= 15 is 0 Å². The third-order valence-electron chi connectivity index (χ3n) is 6.25. The van der Waals surface area contributed by atoms with Gasteiger partial charge in [-0.3, -0.25) is 19.5 Å². The number of carbonyl (C=O) groups excluding carboxylic acids is 2. The molecular weight excluding hydrogens is 568 g/mol. The van der Waals surface area contributed by atoms with Crippen LogP contribution in [0.5, 0.6) is 5.75 Å². The number of benzene rings is 2. The van der Waals surface area contributed by atoms with Gasteiger partial charge in [-0.1, -0.05) is 72.3 Å². The number of ether oxygens (including phenoxy) is 1. The van der Waals surface area contributed by atoms with E-state index in [1.54, 1.807) is 48.8 Å². The number of carbonyl (C=O) groups is 2. The molecule has 1 amide bonds. The minimum Gasteiger partial charge on any atom is -0.507 e. The number of anilines is 1. The predicted octanol–water partition coefficient (Wildman–Crippen LogP) is 6.68. The number of aliphatic hydroxyl groups excluding tert-OH is 1. The number of amides is 1. The van der Waals surface area contributed by atoms with Crippen molar-refractivity contribution in [1.29, 1.82) is 0 Å². The summed E-state index contributed by atoms with van der Waals surface area (Å²) in [5.74, 6) is -0.668. The zero-order chi connectivity index (χ0) is 28.1. The van der Waals surface area contributed by atoms with E-state index in [1.807, 2.05) is 24.3 Å². The van der Waals surface area contributed by atoms with Crippen molar-refractivity contribution in [2.24, 2.45) is 0 Å². The third kappa shape index (κ3) is 5.89. The summed E-state index contributed by atoms with van der Waals surface area (Å²) in [6.07, 6.45) is 5.11. The highest BCUT2D eigenvalue weighted by molar-refractivity contribution is 8.00. The molecule has 1 N–H and O–H groups in total. The molecule has 0 spiro atoms. The van der Waals surface area contributed by atoms with Gasteiger partial charge in [0.25, 0.3) is 5.78 Å². The fourth-order valence-corrected chi connectivity index (χ4v) is 6.35. The van der Waals surface area contributed by atoms with Crippen LogP contribution in [0.2, 0.25) is 5.02 Å². The van der Waals surface area contributed by atoms with Crippen molar-refractivity contribution in [2.75, 3.05) is 11.5 Å². The van der Waals surface area contributed by atoms with Gasteiger partial charge >= 0.3 is 5.91 Å². The Kier molecular flexibility index (Phi) is 8.78. The fourth-order valence-electron chi connectivity index (χ4n) is 4.19. The highest BCUT2D eigenvalue weighted by Gasteiger charge is 2.48. The first-order valence-electron chi connectivity index (χ1n) is 12.6. The maximum absolute atomic E-state index is 13.4. The topological polar surface area (TPSA) is 106 Å². The summed E-state index contributed by atoms with van der Waals surface area (Å²) in [4.78, 5) is 32.2. The van der Waals surface area contributed by atoms with Gasteiger partial charge in [0.2, 0.25) is 5.13 Å². The van der Waals surface area contributed by atoms with Crippen LogP contribution in [-0.4, -0.2) is 38.6 Å². The van der Waals surface area contributed by atoms with Crippen molar-refractivity contribution in [1.82, 2.24) is 15.2 Å². The number of aliphatic hydroxyl groups is 1. The Morgan fingerprint density at radius 3 is 2.62 bits per heavy atom. The van der Waals surface area contributed by atoms with Crippen LogP contribution in [0, 0.1) is 0 Å². The van der Waals surface area contributed by atoms with Crippen LogP contribution in [0.25, 0.3) is 5.76 Å². The zero-order valence-electron chi connectivity index (χ0n) is 21.5. The summed E-state index contributed by atoms with van der Waals surface area (Å²) in [7, 11) is 0. The van der Waals surface area contributed by atoms with Crippen molar-refractivity contribution in [2.45, 2.75) is 35.9 Å². The van der Waals surface area contributed by atoms with Gasteiger partial charge in [0, 0.05) is 28.7 Å². The Morgan fingerprint density at radius 1 is 1.10 bits per heavy atom. The van der Waals surface area contributed by atoms with E-state index in [4.69, 9.17) is 16.3 Å². The van der Waals surface area contributed by atoms with Crippen LogP contribution < -0.4 is 9.64 Å². The molecule has 0 aliphatic carbocycles. The number of rotatable bonds is 10. The molecule has 1 unspecified atom stereocenters. The molecule has 0 bridgehead atoms. The predicted molar refractivity (Wildman–Crippen MR) is 157 cm³/mol.